The fraction of sp³-hybridized carbons (Fsp3) is 0.346. The molecule has 0 aliphatic heterocycles. The van der Waals surface area contributed by atoms with Gasteiger partial charge in [-0.1, -0.05) is 119 Å². The Hall–Kier alpha value is -4.62. The number of hydrogen-bond donors (Lipinski definition) is 0. The van der Waals surface area contributed by atoms with E-state index in [1.165, 1.54) is 106 Å². The SMILES string of the molecule is CC1(C)CCC(C)(C)c2c(N(c3ccc(-c4ccc5ccccc5c4)cc3)c3ccc4c(c3)-c3ccccc3C43C4CC5CC(C4)CC3C5)cccc21. The number of fused-ring (bicyclic) bond motifs is 5. The minimum atomic E-state index is 0.0680. The number of rotatable bonds is 4. The molecule has 53 heavy (non-hydrogen) atoms. The number of anilines is 3. The quantitative estimate of drug-likeness (QED) is 0.178. The van der Waals surface area contributed by atoms with Gasteiger partial charge < -0.3 is 4.90 Å². The smallest absolute Gasteiger partial charge is 0.0502 e. The summed E-state index contributed by atoms with van der Waals surface area (Å²) < 4.78 is 0. The van der Waals surface area contributed by atoms with Crippen LogP contribution in [0.2, 0.25) is 0 Å². The lowest BCUT2D eigenvalue weighted by molar-refractivity contribution is -0.0399. The van der Waals surface area contributed by atoms with Crippen LogP contribution in [0.4, 0.5) is 17.1 Å². The van der Waals surface area contributed by atoms with E-state index in [0.29, 0.717) is 0 Å². The molecule has 4 bridgehead atoms. The largest absolute Gasteiger partial charge is 0.310 e. The molecule has 0 radical (unpaired) electrons. The highest BCUT2D eigenvalue weighted by Crippen LogP contribution is 2.69. The van der Waals surface area contributed by atoms with Crippen molar-refractivity contribution in [2.45, 2.75) is 88.9 Å². The third-order valence-corrected chi connectivity index (χ3v) is 15.1. The lowest BCUT2D eigenvalue weighted by Crippen LogP contribution is -2.55. The minimum Gasteiger partial charge on any atom is -0.310 e. The normalized spacial score (nSPS) is 26.7. The van der Waals surface area contributed by atoms with E-state index in [9.17, 15) is 0 Å². The van der Waals surface area contributed by atoms with Crippen LogP contribution in [-0.2, 0) is 16.2 Å². The van der Waals surface area contributed by atoms with Crippen LogP contribution in [0, 0.1) is 23.7 Å². The van der Waals surface area contributed by atoms with Gasteiger partial charge in [-0.05, 0) is 171 Å². The molecule has 1 nitrogen and oxygen atoms in total. The predicted octanol–water partition coefficient (Wildman–Crippen LogP) is 14.0. The van der Waals surface area contributed by atoms with E-state index >= 15 is 0 Å². The van der Waals surface area contributed by atoms with Crippen LogP contribution in [0.1, 0.15) is 94.9 Å². The topological polar surface area (TPSA) is 3.24 Å². The molecule has 0 unspecified atom stereocenters. The van der Waals surface area contributed by atoms with Crippen molar-refractivity contribution in [2.24, 2.45) is 23.7 Å². The maximum atomic E-state index is 2.61. The van der Waals surface area contributed by atoms with E-state index in [0.717, 1.165) is 23.7 Å². The van der Waals surface area contributed by atoms with Crippen LogP contribution < -0.4 is 4.90 Å². The van der Waals surface area contributed by atoms with Crippen LogP contribution in [0.15, 0.2) is 127 Å². The van der Waals surface area contributed by atoms with Gasteiger partial charge in [-0.15, -0.1) is 0 Å². The molecule has 0 atom stereocenters. The first-order valence-corrected chi connectivity index (χ1v) is 20.5. The lowest BCUT2D eigenvalue weighted by Gasteiger charge is -2.61. The first-order chi connectivity index (χ1) is 25.7. The Labute approximate surface area is 316 Å². The van der Waals surface area contributed by atoms with Gasteiger partial charge in [0.1, 0.15) is 0 Å². The molecular weight excluding hydrogens is 639 g/mol. The first-order valence-electron chi connectivity index (χ1n) is 20.5. The Balaban J connectivity index is 1.10. The second kappa shape index (κ2) is 11.2. The molecule has 6 aliphatic carbocycles. The van der Waals surface area contributed by atoms with Crippen molar-refractivity contribution >= 4 is 27.8 Å². The average molecular weight is 690 g/mol. The molecule has 0 N–H and O–H groups in total. The zero-order valence-electron chi connectivity index (χ0n) is 31.8. The highest BCUT2D eigenvalue weighted by atomic mass is 15.1. The van der Waals surface area contributed by atoms with Gasteiger partial charge in [-0.3, -0.25) is 0 Å². The monoisotopic (exact) mass is 689 g/mol. The standard InChI is InChI=1S/C52H51N/c1-50(2)24-25-51(3,4)49-47(50)14-9-15-48(49)53(41-20-18-36(19-21-41)38-17-16-35-10-5-6-11-37(35)31-38)42-22-23-46-44(32-42)43-12-7-8-13-45(43)52(46)39-27-33-26-34(29-39)30-40(52)28-33/h5-23,31-34,39-40H,24-30H2,1-4H3. The Bertz CT molecular complexity index is 2400. The summed E-state index contributed by atoms with van der Waals surface area (Å²) in [5.41, 5.74) is 15.9. The molecule has 0 saturated heterocycles. The third-order valence-electron chi connectivity index (χ3n) is 15.1. The van der Waals surface area contributed by atoms with Gasteiger partial charge in [0.15, 0.2) is 0 Å². The van der Waals surface area contributed by atoms with Crippen LogP contribution in [0.5, 0.6) is 0 Å². The molecule has 0 amide bonds. The van der Waals surface area contributed by atoms with E-state index in [1.54, 1.807) is 11.1 Å². The van der Waals surface area contributed by atoms with E-state index in [4.69, 9.17) is 0 Å². The van der Waals surface area contributed by atoms with Crippen molar-refractivity contribution in [3.63, 3.8) is 0 Å². The molecule has 6 aliphatic rings. The fourth-order valence-corrected chi connectivity index (χ4v) is 12.8. The summed E-state index contributed by atoms with van der Waals surface area (Å²) in [6.45, 7) is 9.84. The zero-order valence-corrected chi connectivity index (χ0v) is 31.8. The van der Waals surface area contributed by atoms with E-state index in [2.05, 4.69) is 160 Å². The predicted molar refractivity (Wildman–Crippen MR) is 223 cm³/mol. The van der Waals surface area contributed by atoms with Crippen LogP contribution in [-0.4, -0.2) is 0 Å². The minimum absolute atomic E-state index is 0.0680. The summed E-state index contributed by atoms with van der Waals surface area (Å²) in [5.74, 6) is 3.44. The van der Waals surface area contributed by atoms with Gasteiger partial charge >= 0.3 is 0 Å². The summed E-state index contributed by atoms with van der Waals surface area (Å²) in [6, 6.07) is 49.3. The molecule has 6 aromatic rings. The molecule has 264 valence electrons. The van der Waals surface area contributed by atoms with Gasteiger partial charge in [0, 0.05) is 16.8 Å². The Morgan fingerprint density at radius 1 is 0.472 bits per heavy atom. The van der Waals surface area contributed by atoms with Crippen molar-refractivity contribution in [2.75, 3.05) is 4.90 Å². The summed E-state index contributed by atoms with van der Waals surface area (Å²) in [7, 11) is 0. The maximum Gasteiger partial charge on any atom is 0.0502 e. The van der Waals surface area contributed by atoms with Gasteiger partial charge in [0.2, 0.25) is 0 Å². The molecule has 4 fully saturated rings. The highest BCUT2D eigenvalue weighted by Gasteiger charge is 2.61. The van der Waals surface area contributed by atoms with Crippen LogP contribution >= 0.6 is 0 Å². The molecule has 12 rings (SSSR count). The Kier molecular flexibility index (Phi) is 6.74. The molecule has 4 saturated carbocycles. The average Bonchev–Trinajstić information content (AvgIpc) is 3.46. The molecule has 0 aromatic heterocycles. The molecule has 0 heterocycles. The molecule has 6 aromatic carbocycles. The summed E-state index contributed by atoms with van der Waals surface area (Å²) in [6.07, 6.45) is 9.54. The zero-order chi connectivity index (χ0) is 35.7. The third kappa shape index (κ3) is 4.55. The van der Waals surface area contributed by atoms with Crippen molar-refractivity contribution in [3.8, 4) is 22.3 Å². The number of hydrogen-bond acceptors (Lipinski definition) is 1. The van der Waals surface area contributed by atoms with Crippen molar-refractivity contribution in [1.29, 1.82) is 0 Å². The van der Waals surface area contributed by atoms with Crippen molar-refractivity contribution in [1.82, 2.24) is 0 Å². The second-order valence-electron chi connectivity index (χ2n) is 18.9. The van der Waals surface area contributed by atoms with Crippen LogP contribution in [0.25, 0.3) is 33.0 Å². The highest BCUT2D eigenvalue weighted by molar-refractivity contribution is 5.90. The molecule has 1 spiro atoms. The van der Waals surface area contributed by atoms with Crippen molar-refractivity contribution in [3.05, 3.63) is 150 Å². The fourth-order valence-electron chi connectivity index (χ4n) is 12.8. The van der Waals surface area contributed by atoms with Crippen LogP contribution in [0.3, 0.4) is 0 Å². The van der Waals surface area contributed by atoms with E-state index < -0.39 is 0 Å². The summed E-state index contributed by atoms with van der Waals surface area (Å²) in [5, 5.41) is 2.57. The van der Waals surface area contributed by atoms with E-state index in [-0.39, 0.29) is 16.2 Å². The Morgan fingerprint density at radius 3 is 1.87 bits per heavy atom. The lowest BCUT2D eigenvalue weighted by atomic mass is 9.43. The van der Waals surface area contributed by atoms with E-state index in [1.807, 2.05) is 0 Å². The van der Waals surface area contributed by atoms with Gasteiger partial charge in [0.05, 0.1) is 5.69 Å². The molecular formula is C52H51N. The van der Waals surface area contributed by atoms with Gasteiger partial charge in [-0.25, -0.2) is 0 Å². The summed E-state index contributed by atoms with van der Waals surface area (Å²) >= 11 is 0. The number of nitrogens with zero attached hydrogens (tertiary/aromatic N) is 1. The van der Waals surface area contributed by atoms with Gasteiger partial charge in [0.25, 0.3) is 0 Å². The number of benzene rings is 6. The second-order valence-corrected chi connectivity index (χ2v) is 18.9. The Morgan fingerprint density at radius 2 is 1.09 bits per heavy atom. The van der Waals surface area contributed by atoms with Gasteiger partial charge in [-0.2, -0.15) is 0 Å². The molecule has 1 heteroatoms. The maximum absolute atomic E-state index is 2.61. The first kappa shape index (κ1) is 31.9. The summed E-state index contributed by atoms with van der Waals surface area (Å²) in [4.78, 5) is 2.61. The van der Waals surface area contributed by atoms with Crippen molar-refractivity contribution < 1.29 is 0 Å².